The molecule has 0 saturated heterocycles. The molecule has 1 aliphatic rings. The quantitative estimate of drug-likeness (QED) is 0.263. The second-order valence-electron chi connectivity index (χ2n) is 7.10. The van der Waals surface area contributed by atoms with Gasteiger partial charge in [-0.25, -0.2) is 10.2 Å². The van der Waals surface area contributed by atoms with Crippen molar-refractivity contribution in [1.29, 1.82) is 0 Å². The largest absolute Gasteiger partial charge is 0.494 e. The van der Waals surface area contributed by atoms with Crippen LogP contribution in [0, 0.1) is 5.92 Å². The Morgan fingerprint density at radius 1 is 1.13 bits per heavy atom. The van der Waals surface area contributed by atoms with Gasteiger partial charge in [0.25, 0.3) is 0 Å². The van der Waals surface area contributed by atoms with Crippen molar-refractivity contribution in [2.24, 2.45) is 11.0 Å². The third kappa shape index (κ3) is 6.16. The van der Waals surface area contributed by atoms with Crippen LogP contribution >= 0.6 is 15.9 Å². The minimum atomic E-state index is -0.485. The highest BCUT2D eigenvalue weighted by Gasteiger charge is 2.20. The summed E-state index contributed by atoms with van der Waals surface area (Å²) >= 11 is 3.41. The number of benzene rings is 2. The Morgan fingerprint density at radius 3 is 2.57 bits per heavy atom. The summed E-state index contributed by atoms with van der Waals surface area (Å²) in [7, 11) is 0. The predicted molar refractivity (Wildman–Crippen MR) is 119 cm³/mol. The lowest BCUT2D eigenvalue weighted by Gasteiger charge is -2.19. The molecule has 0 bridgehead atoms. The smallest absolute Gasteiger partial charge is 0.343 e. The third-order valence-corrected chi connectivity index (χ3v) is 5.42. The van der Waals surface area contributed by atoms with Crippen molar-refractivity contribution in [2.75, 3.05) is 6.61 Å². The number of carbonyl (C=O) groups is 2. The van der Waals surface area contributed by atoms with Gasteiger partial charge in [-0.2, -0.15) is 5.10 Å². The number of ether oxygens (including phenoxy) is 2. The standard InChI is InChI=1S/C23H25BrN2O4/c1-2-29-20-11-8-17(9-12-20)23(28)30-21-13-10-19(24)14-18(21)15-25-26-22(27)16-6-4-3-5-7-16/h8-16H,2-7H2,1H3,(H,26,27)/b25-15-. The third-order valence-electron chi connectivity index (χ3n) is 4.93. The van der Waals surface area contributed by atoms with Crippen LogP contribution in [0.4, 0.5) is 0 Å². The topological polar surface area (TPSA) is 77.0 Å². The van der Waals surface area contributed by atoms with Crippen molar-refractivity contribution in [3.05, 3.63) is 58.1 Å². The van der Waals surface area contributed by atoms with Crippen molar-refractivity contribution in [3.8, 4) is 11.5 Å². The van der Waals surface area contributed by atoms with Crippen molar-refractivity contribution in [2.45, 2.75) is 39.0 Å². The minimum absolute atomic E-state index is 0.0235. The van der Waals surface area contributed by atoms with Crippen LogP contribution in [-0.4, -0.2) is 24.7 Å². The van der Waals surface area contributed by atoms with Gasteiger partial charge in [-0.3, -0.25) is 4.79 Å². The fourth-order valence-electron chi connectivity index (χ4n) is 3.35. The van der Waals surface area contributed by atoms with Crippen LogP contribution in [0.15, 0.2) is 52.0 Å². The van der Waals surface area contributed by atoms with E-state index in [4.69, 9.17) is 9.47 Å². The molecule has 1 fully saturated rings. The SMILES string of the molecule is CCOc1ccc(C(=O)Oc2ccc(Br)cc2/C=N\NC(=O)C2CCCCC2)cc1. The van der Waals surface area contributed by atoms with E-state index >= 15 is 0 Å². The van der Waals surface area contributed by atoms with Crippen molar-refractivity contribution < 1.29 is 19.1 Å². The fourth-order valence-corrected chi connectivity index (χ4v) is 3.73. The summed E-state index contributed by atoms with van der Waals surface area (Å²) in [5.41, 5.74) is 3.60. The normalized spacial score (nSPS) is 14.5. The predicted octanol–water partition coefficient (Wildman–Crippen LogP) is 5.10. The van der Waals surface area contributed by atoms with Crippen LogP contribution in [0.5, 0.6) is 11.5 Å². The molecular weight excluding hydrogens is 448 g/mol. The number of nitrogens with zero attached hydrogens (tertiary/aromatic N) is 1. The average molecular weight is 473 g/mol. The molecule has 158 valence electrons. The molecule has 1 N–H and O–H groups in total. The number of esters is 1. The van der Waals surface area contributed by atoms with E-state index in [1.54, 1.807) is 42.5 Å². The molecule has 1 aliphatic carbocycles. The molecule has 0 heterocycles. The van der Waals surface area contributed by atoms with Crippen LogP contribution in [0.3, 0.4) is 0 Å². The van der Waals surface area contributed by atoms with Gasteiger partial charge in [0.2, 0.25) is 5.91 Å². The van der Waals surface area contributed by atoms with Gasteiger partial charge < -0.3 is 9.47 Å². The molecule has 2 aromatic rings. The van der Waals surface area contributed by atoms with E-state index in [1.165, 1.54) is 12.6 Å². The second-order valence-corrected chi connectivity index (χ2v) is 8.01. The Balaban J connectivity index is 1.66. The van der Waals surface area contributed by atoms with Crippen LogP contribution in [0.1, 0.15) is 54.9 Å². The molecular formula is C23H25BrN2O4. The summed E-state index contributed by atoms with van der Waals surface area (Å²) in [4.78, 5) is 24.8. The van der Waals surface area contributed by atoms with E-state index in [1.807, 2.05) is 6.92 Å². The molecule has 0 radical (unpaired) electrons. The number of hydrogen-bond donors (Lipinski definition) is 1. The molecule has 1 saturated carbocycles. The van der Waals surface area contributed by atoms with Gasteiger partial charge >= 0.3 is 5.97 Å². The van der Waals surface area contributed by atoms with Gasteiger partial charge in [-0.1, -0.05) is 35.2 Å². The molecule has 0 aliphatic heterocycles. The molecule has 3 rings (SSSR count). The van der Waals surface area contributed by atoms with Gasteiger partial charge in [-0.05, 0) is 62.2 Å². The maximum atomic E-state index is 12.5. The Labute approximate surface area is 184 Å². The van der Waals surface area contributed by atoms with E-state index in [9.17, 15) is 9.59 Å². The Morgan fingerprint density at radius 2 is 1.87 bits per heavy atom. The van der Waals surface area contributed by atoms with Crippen molar-refractivity contribution in [3.63, 3.8) is 0 Å². The van der Waals surface area contributed by atoms with Crippen molar-refractivity contribution in [1.82, 2.24) is 5.43 Å². The molecule has 0 spiro atoms. The Hall–Kier alpha value is -2.67. The van der Waals surface area contributed by atoms with E-state index < -0.39 is 5.97 Å². The van der Waals surface area contributed by atoms with E-state index in [0.717, 1.165) is 30.2 Å². The molecule has 1 amide bonds. The van der Waals surface area contributed by atoms with Gasteiger partial charge in [0.05, 0.1) is 18.4 Å². The number of rotatable bonds is 7. The maximum Gasteiger partial charge on any atom is 0.343 e. The van der Waals surface area contributed by atoms with Crippen LogP contribution in [0.25, 0.3) is 0 Å². The summed E-state index contributed by atoms with van der Waals surface area (Å²) in [5, 5.41) is 4.08. The monoisotopic (exact) mass is 472 g/mol. The fraction of sp³-hybridized carbons (Fsp3) is 0.348. The molecule has 0 unspecified atom stereocenters. The summed E-state index contributed by atoms with van der Waals surface area (Å²) in [6.45, 7) is 2.46. The van der Waals surface area contributed by atoms with E-state index in [-0.39, 0.29) is 11.8 Å². The molecule has 2 aromatic carbocycles. The van der Waals surface area contributed by atoms with E-state index in [0.29, 0.717) is 29.2 Å². The summed E-state index contributed by atoms with van der Waals surface area (Å²) < 4.78 is 11.8. The number of halogens is 1. The number of nitrogens with one attached hydrogen (secondary N) is 1. The zero-order valence-corrected chi connectivity index (χ0v) is 18.5. The van der Waals surface area contributed by atoms with Crippen molar-refractivity contribution >= 4 is 34.0 Å². The van der Waals surface area contributed by atoms with Crippen LogP contribution in [-0.2, 0) is 4.79 Å². The van der Waals surface area contributed by atoms with E-state index in [2.05, 4.69) is 26.5 Å². The number of amides is 1. The van der Waals surface area contributed by atoms with Gasteiger partial charge in [0.15, 0.2) is 0 Å². The van der Waals surface area contributed by atoms with Gasteiger partial charge in [-0.15, -0.1) is 0 Å². The van der Waals surface area contributed by atoms with Gasteiger partial charge in [0, 0.05) is 16.0 Å². The molecule has 0 aromatic heterocycles. The highest BCUT2D eigenvalue weighted by molar-refractivity contribution is 9.10. The molecule has 30 heavy (non-hydrogen) atoms. The zero-order chi connectivity index (χ0) is 21.3. The van der Waals surface area contributed by atoms with Crippen LogP contribution in [0.2, 0.25) is 0 Å². The molecule has 6 nitrogen and oxygen atoms in total. The Kier molecular flexibility index (Phi) is 8.02. The number of carbonyl (C=O) groups excluding carboxylic acids is 2. The zero-order valence-electron chi connectivity index (χ0n) is 16.9. The van der Waals surface area contributed by atoms with Crippen LogP contribution < -0.4 is 14.9 Å². The summed E-state index contributed by atoms with van der Waals surface area (Å²) in [6.07, 6.45) is 6.66. The lowest BCUT2D eigenvalue weighted by Crippen LogP contribution is -2.28. The lowest BCUT2D eigenvalue weighted by atomic mass is 9.89. The Bertz CT molecular complexity index is 906. The second kappa shape index (κ2) is 10.9. The average Bonchev–Trinajstić information content (AvgIpc) is 2.76. The summed E-state index contributed by atoms with van der Waals surface area (Å²) in [5.74, 6) is 0.525. The minimum Gasteiger partial charge on any atom is -0.494 e. The molecule has 0 atom stereocenters. The lowest BCUT2D eigenvalue weighted by molar-refractivity contribution is -0.125. The first-order valence-corrected chi connectivity index (χ1v) is 10.9. The number of hydrazone groups is 1. The first-order chi connectivity index (χ1) is 14.6. The first-order valence-electron chi connectivity index (χ1n) is 10.1. The number of hydrogen-bond acceptors (Lipinski definition) is 5. The first kappa shape index (κ1) is 22.0. The maximum absolute atomic E-state index is 12.5. The highest BCUT2D eigenvalue weighted by atomic mass is 79.9. The van der Waals surface area contributed by atoms with Gasteiger partial charge in [0.1, 0.15) is 11.5 Å². The summed E-state index contributed by atoms with van der Waals surface area (Å²) in [6, 6.07) is 12.0. The molecule has 7 heteroatoms. The highest BCUT2D eigenvalue weighted by Crippen LogP contribution is 2.25.